The standard InChI is InChI=1S/C13H17Cl2N2O14P3/c1-6-5-8(18)16-12(20)17(6)11-13(15,3-4-14)10(19)9(28-11)7(2)29-33(24,25)31-34(26,27)30-32(21,22)23/h5,7,9-11,19H,1-2H3,(H,24,25)(H,26,27)(H,16,18,20)(H2,21,22,23)/t7-,9+,10-,11+,13?/m0/s1. The van der Waals surface area contributed by atoms with Crippen molar-refractivity contribution in [3.63, 3.8) is 0 Å². The molecule has 0 amide bonds. The highest BCUT2D eigenvalue weighted by atomic mass is 35.5. The van der Waals surface area contributed by atoms with Gasteiger partial charge in [0.2, 0.25) is 0 Å². The highest BCUT2D eigenvalue weighted by Gasteiger charge is 2.59. The molecule has 34 heavy (non-hydrogen) atoms. The minimum absolute atomic E-state index is 0.0218. The number of aromatic nitrogens is 2. The fourth-order valence-electron chi connectivity index (χ4n) is 3.01. The molecular weight excluding hydrogens is 572 g/mol. The summed E-state index contributed by atoms with van der Waals surface area (Å²) in [7, 11) is -17.0. The van der Waals surface area contributed by atoms with Gasteiger partial charge >= 0.3 is 29.2 Å². The molecule has 21 heteroatoms. The predicted molar refractivity (Wildman–Crippen MR) is 113 cm³/mol. The van der Waals surface area contributed by atoms with E-state index in [4.69, 9.17) is 37.7 Å². The second-order valence-corrected chi connectivity index (χ2v) is 11.9. The van der Waals surface area contributed by atoms with Crippen molar-refractivity contribution in [3.8, 4) is 11.3 Å². The number of rotatable bonds is 8. The van der Waals surface area contributed by atoms with Crippen LogP contribution in [0.4, 0.5) is 0 Å². The van der Waals surface area contributed by atoms with Gasteiger partial charge < -0.3 is 29.4 Å². The van der Waals surface area contributed by atoms with Gasteiger partial charge in [0.15, 0.2) is 11.1 Å². The minimum Gasteiger partial charge on any atom is -0.387 e. The Hall–Kier alpha value is -0.850. The topological polar surface area (TPSA) is 244 Å². The number of nitrogens with one attached hydrogen (secondary N) is 1. The van der Waals surface area contributed by atoms with E-state index in [2.05, 4.69) is 19.1 Å². The Balaban J connectivity index is 2.37. The molecule has 0 aromatic carbocycles. The Bertz CT molecular complexity index is 1270. The molecule has 6 N–H and O–H groups in total. The van der Waals surface area contributed by atoms with Gasteiger partial charge in [-0.15, -0.1) is 0 Å². The van der Waals surface area contributed by atoms with Crippen molar-refractivity contribution in [2.75, 3.05) is 0 Å². The van der Waals surface area contributed by atoms with Gasteiger partial charge in [0.1, 0.15) is 12.2 Å². The summed E-state index contributed by atoms with van der Waals surface area (Å²) >= 11 is 11.8. The zero-order valence-electron chi connectivity index (χ0n) is 16.8. The molecule has 0 radical (unpaired) electrons. The molecule has 3 unspecified atom stereocenters. The third kappa shape index (κ3) is 6.88. The normalized spacial score (nSPS) is 29.5. The van der Waals surface area contributed by atoms with E-state index in [1.807, 2.05) is 10.4 Å². The summed E-state index contributed by atoms with van der Waals surface area (Å²) in [4.78, 5) is 59.8. The summed E-state index contributed by atoms with van der Waals surface area (Å²) in [5.74, 6) is 2.24. The zero-order chi connectivity index (χ0) is 26.3. The Kier molecular flexibility index (Phi) is 8.86. The lowest BCUT2D eigenvalue weighted by Gasteiger charge is -2.27. The van der Waals surface area contributed by atoms with E-state index in [1.165, 1.54) is 6.92 Å². The molecule has 1 aromatic heterocycles. The van der Waals surface area contributed by atoms with Gasteiger partial charge in [-0.1, -0.05) is 17.5 Å². The Labute approximate surface area is 199 Å². The number of aliphatic hydroxyl groups excluding tert-OH is 1. The third-order valence-corrected chi connectivity index (χ3v) is 8.73. The summed E-state index contributed by atoms with van der Waals surface area (Å²) in [6.45, 7) is 2.35. The Morgan fingerprint density at radius 2 is 1.79 bits per heavy atom. The summed E-state index contributed by atoms with van der Waals surface area (Å²) in [6.07, 6.45) is -6.93. The van der Waals surface area contributed by atoms with Gasteiger partial charge in [-0.2, -0.15) is 8.62 Å². The molecule has 0 aliphatic carbocycles. The number of ether oxygens (including phenoxy) is 1. The van der Waals surface area contributed by atoms with E-state index in [9.17, 15) is 38.2 Å². The number of phosphoric ester groups is 1. The lowest BCUT2D eigenvalue weighted by atomic mass is 9.97. The summed E-state index contributed by atoms with van der Waals surface area (Å²) < 4.78 is 52.5. The molecule has 192 valence electrons. The van der Waals surface area contributed by atoms with Crippen LogP contribution in [-0.2, 0) is 31.6 Å². The first-order chi connectivity index (χ1) is 15.3. The number of aromatic amines is 1. The molecule has 7 atom stereocenters. The van der Waals surface area contributed by atoms with Gasteiger partial charge in [-0.25, -0.2) is 18.5 Å². The lowest BCUT2D eigenvalue weighted by Crippen LogP contribution is -2.46. The Morgan fingerprint density at radius 1 is 1.21 bits per heavy atom. The number of aliphatic hydroxyl groups is 1. The first-order valence-corrected chi connectivity index (χ1v) is 13.9. The predicted octanol–water partition coefficient (Wildman–Crippen LogP) is 0.0124. The van der Waals surface area contributed by atoms with E-state index >= 15 is 0 Å². The summed E-state index contributed by atoms with van der Waals surface area (Å²) in [5.41, 5.74) is -1.74. The number of H-pyrrole nitrogens is 1. The molecule has 0 saturated carbocycles. The van der Waals surface area contributed by atoms with Crippen LogP contribution in [0.3, 0.4) is 0 Å². The number of nitrogens with zero attached hydrogens (tertiary/aromatic N) is 1. The average molecular weight is 589 g/mol. The molecule has 0 bridgehead atoms. The summed E-state index contributed by atoms with van der Waals surface area (Å²) in [6, 6.07) is 1.01. The molecule has 16 nitrogen and oxygen atoms in total. The number of hydrogen-bond acceptors (Lipinski definition) is 10. The average Bonchev–Trinajstić information content (AvgIpc) is 2.83. The molecular formula is C13H17Cl2N2O14P3. The van der Waals surface area contributed by atoms with E-state index in [1.54, 1.807) is 0 Å². The SMILES string of the molecule is Cc1cc(=O)[nH]c(=O)n1[C@@H]1O[C@H]([C@H](C)OP(=O)(O)OP(=O)(O)OP(=O)(O)O)[C@H](O)C1(Cl)C#CCl. The number of halogens is 2. The maximum atomic E-state index is 12.4. The molecule has 2 rings (SSSR count). The molecule has 0 spiro atoms. The van der Waals surface area contributed by atoms with Crippen molar-refractivity contribution in [1.29, 1.82) is 0 Å². The van der Waals surface area contributed by atoms with Gasteiger partial charge in [0.05, 0.1) is 6.10 Å². The molecule has 1 aliphatic rings. The number of alkyl halides is 1. The summed E-state index contributed by atoms with van der Waals surface area (Å²) in [5, 5.41) is 12.7. The Morgan fingerprint density at radius 3 is 2.29 bits per heavy atom. The van der Waals surface area contributed by atoms with Crippen LogP contribution in [0.15, 0.2) is 15.7 Å². The van der Waals surface area contributed by atoms with Crippen molar-refractivity contribution in [2.45, 2.75) is 43.3 Å². The van der Waals surface area contributed by atoms with Crippen molar-refractivity contribution >= 4 is 46.7 Å². The van der Waals surface area contributed by atoms with Gasteiger partial charge in [0, 0.05) is 17.1 Å². The molecule has 2 heterocycles. The van der Waals surface area contributed by atoms with E-state index in [0.717, 1.165) is 17.6 Å². The molecule has 1 fully saturated rings. The largest absolute Gasteiger partial charge is 0.490 e. The second-order valence-electron chi connectivity index (χ2n) is 6.74. The van der Waals surface area contributed by atoms with E-state index < -0.39 is 64.1 Å². The third-order valence-electron chi connectivity index (χ3n) is 4.21. The monoisotopic (exact) mass is 588 g/mol. The van der Waals surface area contributed by atoms with Crippen LogP contribution in [0.2, 0.25) is 0 Å². The fraction of sp³-hybridized carbons (Fsp3) is 0.538. The van der Waals surface area contributed by atoms with Crippen LogP contribution >= 0.6 is 46.7 Å². The van der Waals surface area contributed by atoms with E-state index in [-0.39, 0.29) is 5.69 Å². The van der Waals surface area contributed by atoms with Crippen molar-refractivity contribution in [2.24, 2.45) is 0 Å². The molecule has 1 aromatic rings. The van der Waals surface area contributed by atoms with Crippen molar-refractivity contribution in [1.82, 2.24) is 9.55 Å². The van der Waals surface area contributed by atoms with Gasteiger partial charge in [-0.3, -0.25) is 18.9 Å². The van der Waals surface area contributed by atoms with Crippen LogP contribution in [0, 0.1) is 18.2 Å². The van der Waals surface area contributed by atoms with Gasteiger partial charge in [-0.05, 0) is 25.4 Å². The van der Waals surface area contributed by atoms with Crippen LogP contribution in [0.25, 0.3) is 0 Å². The maximum Gasteiger partial charge on any atom is 0.490 e. The number of phosphoric acid groups is 3. The van der Waals surface area contributed by atoms with Crippen LogP contribution in [-0.4, -0.2) is 57.4 Å². The smallest absolute Gasteiger partial charge is 0.387 e. The first kappa shape index (κ1) is 29.4. The number of hydrogen-bond donors (Lipinski definition) is 6. The van der Waals surface area contributed by atoms with Crippen LogP contribution < -0.4 is 11.2 Å². The highest BCUT2D eigenvalue weighted by Crippen LogP contribution is 2.66. The minimum atomic E-state index is -5.80. The second kappa shape index (κ2) is 10.3. The maximum absolute atomic E-state index is 12.4. The van der Waals surface area contributed by atoms with Crippen LogP contribution in [0.1, 0.15) is 18.8 Å². The molecule has 1 aliphatic heterocycles. The molecule has 1 saturated heterocycles. The van der Waals surface area contributed by atoms with Gasteiger partial charge in [0.25, 0.3) is 5.56 Å². The lowest BCUT2D eigenvalue weighted by molar-refractivity contribution is -0.0754. The van der Waals surface area contributed by atoms with Crippen molar-refractivity contribution in [3.05, 3.63) is 32.6 Å². The first-order valence-electron chi connectivity index (χ1n) is 8.62. The van der Waals surface area contributed by atoms with Crippen LogP contribution in [0.5, 0.6) is 0 Å². The fourth-order valence-corrected chi connectivity index (χ4v) is 6.74. The number of aryl methyl sites for hydroxylation is 1. The van der Waals surface area contributed by atoms with E-state index in [0.29, 0.717) is 0 Å². The van der Waals surface area contributed by atoms with Crippen molar-refractivity contribution < 1.29 is 56.3 Å². The highest BCUT2D eigenvalue weighted by molar-refractivity contribution is 7.66. The zero-order valence-corrected chi connectivity index (χ0v) is 21.0. The quantitative estimate of drug-likeness (QED) is 0.133.